The predicted molar refractivity (Wildman–Crippen MR) is 169 cm³/mol. The predicted octanol–water partition coefficient (Wildman–Crippen LogP) is 8.46. The Bertz CT molecular complexity index is 1940. The van der Waals surface area contributed by atoms with Crippen LogP contribution in [-0.4, -0.2) is 9.97 Å². The molecular weight excluding hydrogens is 521 g/mol. The first kappa shape index (κ1) is 24.0. The van der Waals surface area contributed by atoms with E-state index in [9.17, 15) is 0 Å². The molecule has 6 aromatic rings. The lowest BCUT2D eigenvalue weighted by Gasteiger charge is -2.44. The van der Waals surface area contributed by atoms with Gasteiger partial charge >= 0.3 is 0 Å². The van der Waals surface area contributed by atoms with Crippen LogP contribution in [0.25, 0.3) is 44.5 Å². The van der Waals surface area contributed by atoms with Crippen molar-refractivity contribution in [2.75, 3.05) is 4.67 Å². The van der Waals surface area contributed by atoms with Crippen molar-refractivity contribution in [3.63, 3.8) is 0 Å². The molecule has 0 radical (unpaired) electrons. The summed E-state index contributed by atoms with van der Waals surface area (Å²) < 4.78 is 17.8. The molecule has 0 fully saturated rings. The van der Waals surface area contributed by atoms with Crippen LogP contribution in [0, 0.1) is 13.8 Å². The average molecular weight is 548 g/mol. The van der Waals surface area contributed by atoms with Crippen molar-refractivity contribution >= 4 is 29.3 Å². The minimum atomic E-state index is -3.24. The fourth-order valence-electron chi connectivity index (χ4n) is 6.39. The lowest BCUT2D eigenvalue weighted by atomic mass is 9.94. The highest BCUT2D eigenvalue weighted by Gasteiger charge is 2.47. The van der Waals surface area contributed by atoms with Crippen molar-refractivity contribution in [2.24, 2.45) is 0 Å². The van der Waals surface area contributed by atoms with Crippen LogP contribution >= 0.6 is 7.29 Å². The summed E-state index contributed by atoms with van der Waals surface area (Å²) >= 11 is 0. The molecule has 0 amide bonds. The van der Waals surface area contributed by atoms with Gasteiger partial charge in [0.2, 0.25) is 7.29 Å². The van der Waals surface area contributed by atoms with Gasteiger partial charge in [-0.3, -0.25) is 19.2 Å². The summed E-state index contributed by atoms with van der Waals surface area (Å²) in [6, 6.07) is 37.7. The maximum absolute atomic E-state index is 15.7. The molecule has 4 nitrogen and oxygen atoms in total. The van der Waals surface area contributed by atoms with Crippen LogP contribution in [0.2, 0.25) is 0 Å². The van der Waals surface area contributed by atoms with Gasteiger partial charge < -0.3 is 0 Å². The van der Waals surface area contributed by atoms with Gasteiger partial charge in [-0.05, 0) is 108 Å². The Morgan fingerprint density at radius 2 is 0.951 bits per heavy atom. The molecule has 5 heteroatoms. The number of aryl methyl sites for hydroxylation is 2. The van der Waals surface area contributed by atoms with E-state index in [4.69, 9.17) is 0 Å². The van der Waals surface area contributed by atoms with Gasteiger partial charge in [-0.1, -0.05) is 48.5 Å². The summed E-state index contributed by atoms with van der Waals surface area (Å²) in [5.74, 6) is 0. The third-order valence-corrected chi connectivity index (χ3v) is 11.3. The fourth-order valence-corrected chi connectivity index (χ4v) is 9.66. The van der Waals surface area contributed by atoms with Crippen molar-refractivity contribution < 1.29 is 4.57 Å². The molecule has 41 heavy (non-hydrogen) atoms. The van der Waals surface area contributed by atoms with Crippen LogP contribution in [-0.2, 0) is 4.57 Å². The third kappa shape index (κ3) is 3.51. The van der Waals surface area contributed by atoms with Gasteiger partial charge in [0, 0.05) is 45.5 Å². The molecule has 196 valence electrons. The van der Waals surface area contributed by atoms with Crippen molar-refractivity contribution in [3.05, 3.63) is 133 Å². The summed E-state index contributed by atoms with van der Waals surface area (Å²) in [5, 5.41) is 1.75. The molecule has 0 unspecified atom stereocenters. The maximum Gasteiger partial charge on any atom is 0.235 e. The molecule has 0 N–H and O–H groups in total. The van der Waals surface area contributed by atoms with E-state index < -0.39 is 7.29 Å². The molecular formula is C36H26N3OP. The fraction of sp³-hybridized carbons (Fsp3) is 0.0556. The standard InChI is InChI=1S/C36H26N3OP/c1-23-19-27(15-17-37-23)25-11-13-33-31(21-25)29-7-3-5-9-35(29)41(40)36-10-6-4-8-30(36)32-22-26(12-14-34(32)39(33)41)28-16-18-38-24(2)20-28/h3-22H,1-2H3. The highest BCUT2D eigenvalue weighted by Crippen LogP contribution is 2.66. The normalized spacial score (nSPS) is 13.9. The summed E-state index contributed by atoms with van der Waals surface area (Å²) in [6.45, 7) is 4.02. The number of aromatic nitrogens is 2. The van der Waals surface area contributed by atoms with Crippen molar-refractivity contribution in [3.8, 4) is 44.5 Å². The Hall–Kier alpha value is -4.79. The lowest BCUT2D eigenvalue weighted by Crippen LogP contribution is -2.37. The SMILES string of the molecule is Cc1cc(-c2ccc3c(c2)-c2ccccc2P2(=O)c4ccccc4-c4cc(-c5ccnc(C)c5)ccc4N32)ccn1. The largest absolute Gasteiger partial charge is 0.289 e. The zero-order valence-electron chi connectivity index (χ0n) is 22.7. The Balaban J connectivity index is 1.42. The van der Waals surface area contributed by atoms with Crippen molar-refractivity contribution in [2.45, 2.75) is 13.8 Å². The number of nitrogens with zero attached hydrogens (tertiary/aromatic N) is 3. The van der Waals surface area contributed by atoms with Gasteiger partial charge in [-0.2, -0.15) is 0 Å². The lowest BCUT2D eigenvalue weighted by molar-refractivity contribution is 0.586. The number of benzene rings is 4. The molecule has 0 spiro atoms. The molecule has 8 rings (SSSR count). The number of fused-ring (bicyclic) bond motifs is 11. The van der Waals surface area contributed by atoms with E-state index in [-0.39, 0.29) is 0 Å². The van der Waals surface area contributed by atoms with Gasteiger partial charge in [0.1, 0.15) is 0 Å². The Morgan fingerprint density at radius 1 is 0.512 bits per heavy atom. The molecule has 0 bridgehead atoms. The Morgan fingerprint density at radius 3 is 1.41 bits per heavy atom. The highest BCUT2D eigenvalue weighted by atomic mass is 31.2. The molecule has 0 atom stereocenters. The molecule has 0 aliphatic carbocycles. The Kier molecular flexibility index (Phi) is 5.19. The van der Waals surface area contributed by atoms with Crippen LogP contribution in [0.3, 0.4) is 0 Å². The monoisotopic (exact) mass is 547 g/mol. The van der Waals surface area contributed by atoms with Gasteiger partial charge in [-0.15, -0.1) is 0 Å². The van der Waals surface area contributed by atoms with Crippen LogP contribution < -0.4 is 15.3 Å². The molecule has 0 saturated heterocycles. The minimum absolute atomic E-state index is 0.877. The number of rotatable bonds is 2. The first-order chi connectivity index (χ1) is 20.0. The topological polar surface area (TPSA) is 46.1 Å². The van der Waals surface area contributed by atoms with Crippen molar-refractivity contribution in [1.82, 2.24) is 9.97 Å². The zero-order valence-corrected chi connectivity index (χ0v) is 23.6. The second-order valence-corrected chi connectivity index (χ2v) is 13.3. The van der Waals surface area contributed by atoms with E-state index in [1.807, 2.05) is 74.8 Å². The quantitative estimate of drug-likeness (QED) is 0.204. The van der Waals surface area contributed by atoms with E-state index in [2.05, 4.69) is 75.3 Å². The molecule has 2 aliphatic heterocycles. The molecule has 4 heterocycles. The first-order valence-electron chi connectivity index (χ1n) is 13.8. The number of pyridine rings is 2. The van der Waals surface area contributed by atoms with Crippen molar-refractivity contribution in [1.29, 1.82) is 0 Å². The van der Waals surface area contributed by atoms with Crippen LogP contribution in [0.4, 0.5) is 11.4 Å². The van der Waals surface area contributed by atoms with E-state index in [1.54, 1.807) is 0 Å². The smallest absolute Gasteiger partial charge is 0.235 e. The van der Waals surface area contributed by atoms with Crippen LogP contribution in [0.5, 0.6) is 0 Å². The van der Waals surface area contributed by atoms with E-state index in [0.717, 1.165) is 77.9 Å². The summed E-state index contributed by atoms with van der Waals surface area (Å²) in [4.78, 5) is 8.77. The minimum Gasteiger partial charge on any atom is -0.289 e. The summed E-state index contributed by atoms with van der Waals surface area (Å²) in [5.41, 5.74) is 12.6. The number of hydrogen-bond donors (Lipinski definition) is 0. The maximum atomic E-state index is 15.7. The molecule has 2 aromatic heterocycles. The van der Waals surface area contributed by atoms with Gasteiger partial charge in [0.05, 0.1) is 11.4 Å². The number of anilines is 2. The van der Waals surface area contributed by atoms with Gasteiger partial charge in [0.25, 0.3) is 0 Å². The average Bonchev–Trinajstić information content (AvgIpc) is 3.01. The van der Waals surface area contributed by atoms with E-state index >= 15 is 4.57 Å². The summed E-state index contributed by atoms with van der Waals surface area (Å²) in [6.07, 6.45) is 3.71. The second kappa shape index (κ2) is 8.86. The zero-order chi connectivity index (χ0) is 27.7. The third-order valence-electron chi connectivity index (χ3n) is 8.23. The van der Waals surface area contributed by atoms with Crippen LogP contribution in [0.15, 0.2) is 122 Å². The van der Waals surface area contributed by atoms with E-state index in [0.29, 0.717) is 0 Å². The Labute approximate surface area is 239 Å². The molecule has 2 aliphatic rings. The van der Waals surface area contributed by atoms with Crippen LogP contribution in [0.1, 0.15) is 11.4 Å². The highest BCUT2D eigenvalue weighted by molar-refractivity contribution is 7.81. The second-order valence-electron chi connectivity index (χ2n) is 10.8. The summed E-state index contributed by atoms with van der Waals surface area (Å²) in [7, 11) is -3.24. The van der Waals surface area contributed by atoms with E-state index in [1.165, 1.54) is 0 Å². The molecule has 0 saturated carbocycles. The first-order valence-corrected chi connectivity index (χ1v) is 15.4. The van der Waals surface area contributed by atoms with Gasteiger partial charge in [0.15, 0.2) is 0 Å². The molecule has 4 aromatic carbocycles. The van der Waals surface area contributed by atoms with Gasteiger partial charge in [-0.25, -0.2) is 0 Å². The number of hydrogen-bond acceptors (Lipinski definition) is 3.